The summed E-state index contributed by atoms with van der Waals surface area (Å²) in [5.41, 5.74) is 0. The number of piperidine rings is 1. The lowest BCUT2D eigenvalue weighted by molar-refractivity contribution is -0.195. The van der Waals surface area contributed by atoms with Gasteiger partial charge in [0.1, 0.15) is 6.04 Å². The number of aliphatic hydroxyl groups excluding tert-OH is 1. The van der Waals surface area contributed by atoms with Gasteiger partial charge in [-0.1, -0.05) is 0 Å². The van der Waals surface area contributed by atoms with Crippen LogP contribution in [-0.4, -0.2) is 41.9 Å². The number of rotatable bonds is 0. The minimum atomic E-state index is -4.21. The quantitative estimate of drug-likeness (QED) is 0.605. The van der Waals surface area contributed by atoms with Gasteiger partial charge in [-0.25, -0.2) is 0 Å². The molecule has 0 radical (unpaired) electrons. The highest BCUT2D eigenvalue weighted by Crippen LogP contribution is 2.30. The molecular formula is C7H12F3NO. The fourth-order valence-electron chi connectivity index (χ4n) is 1.45. The molecule has 72 valence electrons. The van der Waals surface area contributed by atoms with Gasteiger partial charge >= 0.3 is 6.18 Å². The molecule has 2 atom stereocenters. The third kappa shape index (κ3) is 2.10. The van der Waals surface area contributed by atoms with Crippen molar-refractivity contribution in [2.45, 2.75) is 31.2 Å². The first-order valence-electron chi connectivity index (χ1n) is 3.86. The molecule has 1 N–H and O–H groups in total. The minimum Gasteiger partial charge on any atom is -0.393 e. The molecule has 1 fully saturated rings. The van der Waals surface area contributed by atoms with Gasteiger partial charge < -0.3 is 5.11 Å². The lowest BCUT2D eigenvalue weighted by atomic mass is 10.00. The van der Waals surface area contributed by atoms with Gasteiger partial charge in [0.25, 0.3) is 0 Å². The summed E-state index contributed by atoms with van der Waals surface area (Å²) in [6.45, 7) is 0.311. The first-order chi connectivity index (χ1) is 5.41. The maximum absolute atomic E-state index is 12.2. The highest BCUT2D eigenvalue weighted by atomic mass is 19.4. The summed E-state index contributed by atoms with van der Waals surface area (Å²) in [4.78, 5) is 1.24. The van der Waals surface area contributed by atoms with Crippen LogP contribution in [0.4, 0.5) is 13.2 Å². The number of likely N-dealkylation sites (tertiary alicyclic amines) is 1. The normalized spacial score (nSPS) is 33.8. The molecule has 2 nitrogen and oxygen atoms in total. The second-order valence-electron chi connectivity index (χ2n) is 3.22. The van der Waals surface area contributed by atoms with Crippen LogP contribution in [0.5, 0.6) is 0 Å². The van der Waals surface area contributed by atoms with Crippen LogP contribution >= 0.6 is 0 Å². The van der Waals surface area contributed by atoms with Gasteiger partial charge in [-0.05, 0) is 19.9 Å². The Kier molecular flexibility index (Phi) is 2.63. The Morgan fingerprint density at radius 3 is 2.42 bits per heavy atom. The second kappa shape index (κ2) is 3.22. The first kappa shape index (κ1) is 9.80. The van der Waals surface area contributed by atoms with Crippen molar-refractivity contribution in [2.24, 2.45) is 0 Å². The highest BCUT2D eigenvalue weighted by Gasteiger charge is 2.44. The molecule has 0 aliphatic carbocycles. The lowest BCUT2D eigenvalue weighted by Gasteiger charge is -2.36. The summed E-state index contributed by atoms with van der Waals surface area (Å²) >= 11 is 0. The van der Waals surface area contributed by atoms with Crippen LogP contribution in [0.25, 0.3) is 0 Å². The summed E-state index contributed by atoms with van der Waals surface area (Å²) in [5, 5.41) is 9.03. The van der Waals surface area contributed by atoms with E-state index in [2.05, 4.69) is 0 Å². The molecule has 2 unspecified atom stereocenters. The molecule has 0 saturated carbocycles. The van der Waals surface area contributed by atoms with Gasteiger partial charge in [-0.2, -0.15) is 13.2 Å². The molecule has 0 aromatic heterocycles. The molecule has 0 bridgehead atoms. The Balaban J connectivity index is 2.61. The van der Waals surface area contributed by atoms with Gasteiger partial charge in [0.05, 0.1) is 6.10 Å². The maximum atomic E-state index is 12.2. The van der Waals surface area contributed by atoms with E-state index in [4.69, 9.17) is 5.11 Å². The third-order valence-corrected chi connectivity index (χ3v) is 2.22. The Labute approximate surface area is 69.0 Å². The zero-order chi connectivity index (χ0) is 9.35. The van der Waals surface area contributed by atoms with Crippen LogP contribution < -0.4 is 0 Å². The number of nitrogens with zero attached hydrogens (tertiary/aromatic N) is 1. The molecule has 1 aliphatic heterocycles. The molecule has 1 rings (SSSR count). The maximum Gasteiger partial charge on any atom is 0.404 e. The number of alkyl halides is 3. The van der Waals surface area contributed by atoms with Crippen molar-refractivity contribution in [1.29, 1.82) is 0 Å². The molecule has 0 aromatic rings. The van der Waals surface area contributed by atoms with E-state index in [0.717, 1.165) is 0 Å². The van der Waals surface area contributed by atoms with E-state index in [1.54, 1.807) is 0 Å². The van der Waals surface area contributed by atoms with Gasteiger partial charge in [0.15, 0.2) is 0 Å². The van der Waals surface area contributed by atoms with Gasteiger partial charge in [0.2, 0.25) is 0 Å². The standard InChI is InChI=1S/C7H12F3NO/c1-11-3-2-5(12)4-6(11)7(8,9)10/h5-6,12H,2-4H2,1H3. The predicted octanol–water partition coefficient (Wildman–Crippen LogP) is 1.00. The predicted molar refractivity (Wildman–Crippen MR) is 37.7 cm³/mol. The summed E-state index contributed by atoms with van der Waals surface area (Å²) in [6, 6.07) is -1.47. The topological polar surface area (TPSA) is 23.5 Å². The fraction of sp³-hybridized carbons (Fsp3) is 1.00. The number of hydrogen-bond donors (Lipinski definition) is 1. The van der Waals surface area contributed by atoms with Crippen molar-refractivity contribution in [3.8, 4) is 0 Å². The number of hydrogen-bond acceptors (Lipinski definition) is 2. The van der Waals surface area contributed by atoms with E-state index in [9.17, 15) is 13.2 Å². The van der Waals surface area contributed by atoms with E-state index < -0.39 is 18.3 Å². The SMILES string of the molecule is CN1CCC(O)CC1C(F)(F)F. The van der Waals surface area contributed by atoms with Crippen molar-refractivity contribution >= 4 is 0 Å². The molecular weight excluding hydrogens is 171 g/mol. The first-order valence-corrected chi connectivity index (χ1v) is 3.86. The Morgan fingerprint density at radius 1 is 1.42 bits per heavy atom. The highest BCUT2D eigenvalue weighted by molar-refractivity contribution is 4.84. The summed E-state index contributed by atoms with van der Waals surface area (Å²) in [7, 11) is 1.43. The van der Waals surface area contributed by atoms with Gasteiger partial charge in [-0.15, -0.1) is 0 Å². The van der Waals surface area contributed by atoms with Crippen LogP contribution in [0, 0.1) is 0 Å². The zero-order valence-corrected chi connectivity index (χ0v) is 6.80. The Bertz CT molecular complexity index is 159. The van der Waals surface area contributed by atoms with Crippen LogP contribution in [-0.2, 0) is 0 Å². The average molecular weight is 183 g/mol. The molecule has 5 heteroatoms. The molecule has 0 spiro atoms. The molecule has 1 saturated heterocycles. The fourth-order valence-corrected chi connectivity index (χ4v) is 1.45. The molecule has 1 aliphatic rings. The van der Waals surface area contributed by atoms with E-state index in [1.807, 2.05) is 0 Å². The van der Waals surface area contributed by atoms with Gasteiger partial charge in [0, 0.05) is 6.54 Å². The summed E-state index contributed by atoms with van der Waals surface area (Å²) in [5.74, 6) is 0. The second-order valence-corrected chi connectivity index (χ2v) is 3.22. The van der Waals surface area contributed by atoms with E-state index >= 15 is 0 Å². The monoisotopic (exact) mass is 183 g/mol. The minimum absolute atomic E-state index is 0.194. The number of halogens is 3. The smallest absolute Gasteiger partial charge is 0.393 e. The molecule has 1 heterocycles. The summed E-state index contributed by atoms with van der Waals surface area (Å²) in [6.07, 6.45) is -4.77. The van der Waals surface area contributed by atoms with E-state index in [-0.39, 0.29) is 6.42 Å². The van der Waals surface area contributed by atoms with Crippen molar-refractivity contribution in [3.63, 3.8) is 0 Å². The van der Waals surface area contributed by atoms with Crippen LogP contribution in [0.1, 0.15) is 12.8 Å². The van der Waals surface area contributed by atoms with Crippen molar-refractivity contribution in [1.82, 2.24) is 4.90 Å². The Hall–Kier alpha value is -0.290. The van der Waals surface area contributed by atoms with E-state index in [1.165, 1.54) is 11.9 Å². The van der Waals surface area contributed by atoms with Gasteiger partial charge in [-0.3, -0.25) is 4.90 Å². The third-order valence-electron chi connectivity index (χ3n) is 2.22. The van der Waals surface area contributed by atoms with Crippen LogP contribution in [0.3, 0.4) is 0 Å². The van der Waals surface area contributed by atoms with Crippen molar-refractivity contribution < 1.29 is 18.3 Å². The van der Waals surface area contributed by atoms with Crippen molar-refractivity contribution in [3.05, 3.63) is 0 Å². The molecule has 0 amide bonds. The van der Waals surface area contributed by atoms with E-state index in [0.29, 0.717) is 13.0 Å². The zero-order valence-electron chi connectivity index (χ0n) is 6.80. The summed E-state index contributed by atoms with van der Waals surface area (Å²) < 4.78 is 36.6. The lowest BCUT2D eigenvalue weighted by Crippen LogP contribution is -2.50. The van der Waals surface area contributed by atoms with Crippen LogP contribution in [0.2, 0.25) is 0 Å². The number of aliphatic hydroxyl groups is 1. The molecule has 0 aromatic carbocycles. The van der Waals surface area contributed by atoms with Crippen LogP contribution in [0.15, 0.2) is 0 Å². The Morgan fingerprint density at radius 2 is 2.00 bits per heavy atom. The largest absolute Gasteiger partial charge is 0.404 e. The molecule has 12 heavy (non-hydrogen) atoms. The van der Waals surface area contributed by atoms with Crippen molar-refractivity contribution in [2.75, 3.05) is 13.6 Å². The average Bonchev–Trinajstić information content (AvgIpc) is 1.92.